The van der Waals surface area contributed by atoms with Gasteiger partial charge in [0.1, 0.15) is 11.5 Å². The molecule has 4 N–H and O–H groups in total. The molecule has 0 aliphatic rings. The molecule has 2 aromatic carbocycles. The number of rotatable bonds is 6. The molecule has 0 aliphatic heterocycles. The largest absolute Gasteiger partial charge is 0.457 e. The Balaban J connectivity index is 2.68. The summed E-state index contributed by atoms with van der Waals surface area (Å²) in [4.78, 5) is 0. The van der Waals surface area contributed by atoms with Crippen molar-refractivity contribution in [3.8, 4) is 11.5 Å². The highest BCUT2D eigenvalue weighted by Gasteiger charge is 2.33. The Kier molecular flexibility index (Phi) is 5.96. The van der Waals surface area contributed by atoms with Crippen molar-refractivity contribution < 1.29 is 25.2 Å². The molecule has 0 amide bonds. The van der Waals surface area contributed by atoms with E-state index >= 15 is 0 Å². The third-order valence-corrected chi connectivity index (χ3v) is 4.89. The van der Waals surface area contributed by atoms with Crippen LogP contribution in [0.5, 0.6) is 11.5 Å². The molecule has 2 aromatic rings. The van der Waals surface area contributed by atoms with E-state index in [4.69, 9.17) is 4.74 Å². The molecular formula is C24H34O5. The second-order valence-corrected chi connectivity index (χ2v) is 9.76. The van der Waals surface area contributed by atoms with Crippen LogP contribution in [0, 0.1) is 0 Å². The number of ether oxygens (including phenoxy) is 1. The minimum Gasteiger partial charge on any atom is -0.457 e. The molecule has 2 rings (SSSR count). The molecule has 5 nitrogen and oxygen atoms in total. The maximum atomic E-state index is 10.8. The molecule has 5 heteroatoms. The first-order chi connectivity index (χ1) is 12.9. The number of aliphatic hydroxyl groups is 4. The number of hydrogen-bond donors (Lipinski definition) is 4. The quantitative estimate of drug-likeness (QED) is 0.575. The van der Waals surface area contributed by atoms with Crippen LogP contribution in [0.15, 0.2) is 36.4 Å². The van der Waals surface area contributed by atoms with Gasteiger partial charge in [-0.15, -0.1) is 0 Å². The van der Waals surface area contributed by atoms with Gasteiger partial charge in [-0.2, -0.15) is 0 Å². The molecule has 0 aliphatic carbocycles. The summed E-state index contributed by atoms with van der Waals surface area (Å²) in [5, 5.41) is 42.3. The van der Waals surface area contributed by atoms with Gasteiger partial charge in [-0.1, -0.05) is 12.1 Å². The molecule has 0 spiro atoms. The van der Waals surface area contributed by atoms with E-state index in [0.29, 0.717) is 28.2 Å². The highest BCUT2D eigenvalue weighted by atomic mass is 16.5. The topological polar surface area (TPSA) is 90.2 Å². The van der Waals surface area contributed by atoms with Crippen molar-refractivity contribution in [2.24, 2.45) is 0 Å². The molecule has 0 fully saturated rings. The van der Waals surface area contributed by atoms with Gasteiger partial charge in [-0.05, 0) is 90.8 Å². The van der Waals surface area contributed by atoms with Gasteiger partial charge in [0.2, 0.25) is 0 Å². The van der Waals surface area contributed by atoms with Crippen LogP contribution in [0.3, 0.4) is 0 Å². The molecular weight excluding hydrogens is 368 g/mol. The third kappa shape index (κ3) is 5.58. The Labute approximate surface area is 173 Å². The first-order valence-electron chi connectivity index (χ1n) is 9.78. The number of hydrogen-bond acceptors (Lipinski definition) is 5. The van der Waals surface area contributed by atoms with Crippen molar-refractivity contribution in [2.45, 2.75) is 77.8 Å². The predicted molar refractivity (Wildman–Crippen MR) is 114 cm³/mol. The van der Waals surface area contributed by atoms with E-state index in [1.54, 1.807) is 91.8 Å². The van der Waals surface area contributed by atoms with Gasteiger partial charge in [0, 0.05) is 11.1 Å². The first-order valence-corrected chi connectivity index (χ1v) is 9.78. The minimum atomic E-state index is -1.27. The zero-order valence-corrected chi connectivity index (χ0v) is 18.7. The maximum absolute atomic E-state index is 10.8. The van der Waals surface area contributed by atoms with E-state index in [0.717, 1.165) is 5.56 Å². The summed E-state index contributed by atoms with van der Waals surface area (Å²) in [6, 6.07) is 10.4. The molecule has 0 radical (unpaired) electrons. The van der Waals surface area contributed by atoms with Gasteiger partial charge in [0.25, 0.3) is 0 Å². The van der Waals surface area contributed by atoms with Crippen LogP contribution in [-0.2, 0) is 22.4 Å². The van der Waals surface area contributed by atoms with E-state index < -0.39 is 22.4 Å². The summed E-state index contributed by atoms with van der Waals surface area (Å²) in [5.74, 6) is 0.846. The van der Waals surface area contributed by atoms with Crippen molar-refractivity contribution in [1.82, 2.24) is 0 Å². The van der Waals surface area contributed by atoms with Crippen molar-refractivity contribution in [3.05, 3.63) is 58.7 Å². The van der Waals surface area contributed by atoms with E-state index in [9.17, 15) is 20.4 Å². The van der Waals surface area contributed by atoms with Gasteiger partial charge in [-0.3, -0.25) is 0 Å². The van der Waals surface area contributed by atoms with Gasteiger partial charge in [-0.25, -0.2) is 0 Å². The fourth-order valence-electron chi connectivity index (χ4n) is 3.05. The summed E-state index contributed by atoms with van der Waals surface area (Å²) in [5.41, 5.74) is -2.45. The lowest BCUT2D eigenvalue weighted by Crippen LogP contribution is -2.25. The average molecular weight is 403 g/mol. The van der Waals surface area contributed by atoms with E-state index in [2.05, 4.69) is 0 Å². The first kappa shape index (κ1) is 23.4. The summed E-state index contributed by atoms with van der Waals surface area (Å²) < 4.78 is 6.15. The zero-order valence-electron chi connectivity index (χ0n) is 18.7. The Hall–Kier alpha value is -1.92. The Morgan fingerprint density at radius 1 is 0.552 bits per heavy atom. The van der Waals surface area contributed by atoms with E-state index in [-0.39, 0.29) is 0 Å². The Morgan fingerprint density at radius 2 is 0.931 bits per heavy atom. The lowest BCUT2D eigenvalue weighted by atomic mass is 9.84. The molecule has 0 saturated carbocycles. The van der Waals surface area contributed by atoms with Crippen molar-refractivity contribution in [1.29, 1.82) is 0 Å². The van der Waals surface area contributed by atoms with Crippen LogP contribution in [0.1, 0.15) is 77.6 Å². The van der Waals surface area contributed by atoms with Gasteiger partial charge < -0.3 is 25.2 Å². The number of benzene rings is 2. The van der Waals surface area contributed by atoms with Crippen LogP contribution in [0.25, 0.3) is 0 Å². The van der Waals surface area contributed by atoms with Crippen molar-refractivity contribution in [3.63, 3.8) is 0 Å². The summed E-state index contributed by atoms with van der Waals surface area (Å²) in [6.07, 6.45) is 0. The normalized spacial score (nSPS) is 13.5. The second kappa shape index (κ2) is 7.40. The Morgan fingerprint density at radius 3 is 1.24 bits per heavy atom. The summed E-state index contributed by atoms with van der Waals surface area (Å²) in [7, 11) is 0. The van der Waals surface area contributed by atoms with Crippen molar-refractivity contribution in [2.75, 3.05) is 0 Å². The van der Waals surface area contributed by atoms with Gasteiger partial charge in [0.15, 0.2) is 0 Å². The minimum absolute atomic E-state index is 0.342. The van der Waals surface area contributed by atoms with Crippen LogP contribution in [-0.4, -0.2) is 20.4 Å². The van der Waals surface area contributed by atoms with Crippen LogP contribution in [0.4, 0.5) is 0 Å². The van der Waals surface area contributed by atoms with Crippen LogP contribution in [0.2, 0.25) is 0 Å². The summed E-state index contributed by atoms with van der Waals surface area (Å²) >= 11 is 0. The standard InChI is InChI=1S/C24H34O5/c1-21(2,25)15-9-11-17(12-10-15)29-20-18(23(5,6)27)13-16(22(3,4)26)14-19(20)24(7,8)28/h9-14,25-28H,1-8H3. The fraction of sp³-hybridized carbons (Fsp3) is 0.500. The smallest absolute Gasteiger partial charge is 0.139 e. The molecule has 29 heavy (non-hydrogen) atoms. The molecule has 160 valence electrons. The second-order valence-electron chi connectivity index (χ2n) is 9.76. The summed E-state index contributed by atoms with van der Waals surface area (Å²) in [6.45, 7) is 13.3. The van der Waals surface area contributed by atoms with E-state index in [1.165, 1.54) is 0 Å². The fourth-order valence-corrected chi connectivity index (χ4v) is 3.05. The molecule has 0 atom stereocenters. The molecule has 0 aromatic heterocycles. The lowest BCUT2D eigenvalue weighted by Gasteiger charge is -2.31. The van der Waals surface area contributed by atoms with Gasteiger partial charge in [0.05, 0.1) is 22.4 Å². The van der Waals surface area contributed by atoms with Crippen molar-refractivity contribution >= 4 is 0 Å². The van der Waals surface area contributed by atoms with Crippen LogP contribution < -0.4 is 4.74 Å². The monoisotopic (exact) mass is 402 g/mol. The average Bonchev–Trinajstić information content (AvgIpc) is 2.51. The highest BCUT2D eigenvalue weighted by molar-refractivity contribution is 5.52. The zero-order chi connectivity index (χ0) is 22.4. The Bertz CT molecular complexity index is 820. The highest BCUT2D eigenvalue weighted by Crippen LogP contribution is 2.43. The van der Waals surface area contributed by atoms with Gasteiger partial charge >= 0.3 is 0 Å². The van der Waals surface area contributed by atoms with Crippen LogP contribution >= 0.6 is 0 Å². The predicted octanol–water partition coefficient (Wildman–Crippen LogP) is 4.39. The molecule has 0 saturated heterocycles. The maximum Gasteiger partial charge on any atom is 0.139 e. The lowest BCUT2D eigenvalue weighted by molar-refractivity contribution is 0.0616. The molecule has 0 heterocycles. The van der Waals surface area contributed by atoms with E-state index in [1.807, 2.05) is 0 Å². The molecule has 0 unspecified atom stereocenters. The molecule has 0 bridgehead atoms. The SMILES string of the molecule is CC(C)(O)c1ccc(Oc2c(C(C)(C)O)cc(C(C)(C)O)cc2C(C)(C)O)cc1. The third-order valence-electron chi connectivity index (χ3n) is 4.89.